The fourth-order valence-electron chi connectivity index (χ4n) is 3.78. The van der Waals surface area contributed by atoms with E-state index in [0.29, 0.717) is 31.1 Å². The monoisotopic (exact) mass is 389 g/mol. The van der Waals surface area contributed by atoms with Gasteiger partial charge in [0.15, 0.2) is 0 Å². The van der Waals surface area contributed by atoms with Crippen molar-refractivity contribution in [3.8, 4) is 5.75 Å². The second-order valence-electron chi connectivity index (χ2n) is 7.03. The molecule has 2 aromatic rings. The van der Waals surface area contributed by atoms with Crippen LogP contribution in [0.1, 0.15) is 34.8 Å². The van der Waals surface area contributed by atoms with Crippen molar-refractivity contribution in [2.45, 2.75) is 25.3 Å². The average Bonchev–Trinajstić information content (AvgIpc) is 3.17. The average molecular weight is 390 g/mol. The minimum Gasteiger partial charge on any atom is -0.492 e. The highest BCUT2D eigenvalue weighted by Gasteiger charge is 2.32. The van der Waals surface area contributed by atoms with Crippen LogP contribution in [0.2, 0.25) is 5.02 Å². The Hall–Kier alpha value is -2.54. The molecule has 1 amide bonds. The number of carbonyl (C=O) groups is 2. The predicted molar refractivity (Wildman–Crippen MR) is 98.2 cm³/mol. The van der Waals surface area contributed by atoms with Gasteiger partial charge in [-0.3, -0.25) is 9.48 Å². The Labute approximate surface area is 161 Å². The summed E-state index contributed by atoms with van der Waals surface area (Å²) in [4.78, 5) is 25.8. The molecule has 1 N–H and O–H groups in total. The minimum absolute atomic E-state index is 0.103. The fourth-order valence-corrected chi connectivity index (χ4v) is 3.97. The quantitative estimate of drug-likeness (QED) is 0.872. The maximum Gasteiger partial charge on any atom is 0.338 e. The van der Waals surface area contributed by atoms with Crippen LogP contribution in [0.4, 0.5) is 0 Å². The largest absolute Gasteiger partial charge is 0.492 e. The van der Waals surface area contributed by atoms with Crippen LogP contribution in [-0.2, 0) is 11.2 Å². The van der Waals surface area contributed by atoms with E-state index in [9.17, 15) is 9.59 Å². The Morgan fingerprint density at radius 3 is 2.74 bits per heavy atom. The van der Waals surface area contributed by atoms with Crippen molar-refractivity contribution < 1.29 is 19.4 Å². The van der Waals surface area contributed by atoms with Gasteiger partial charge in [-0.2, -0.15) is 5.10 Å². The summed E-state index contributed by atoms with van der Waals surface area (Å²) in [7, 11) is 0. The number of piperidine rings is 1. The highest BCUT2D eigenvalue weighted by Crippen LogP contribution is 2.31. The van der Waals surface area contributed by atoms with Gasteiger partial charge in [0.1, 0.15) is 12.4 Å². The summed E-state index contributed by atoms with van der Waals surface area (Å²) >= 11 is 6.05. The van der Waals surface area contributed by atoms with Gasteiger partial charge in [-0.05, 0) is 43.0 Å². The van der Waals surface area contributed by atoms with E-state index in [4.69, 9.17) is 21.4 Å². The van der Waals surface area contributed by atoms with Gasteiger partial charge in [0.05, 0.1) is 23.7 Å². The minimum atomic E-state index is -0.980. The van der Waals surface area contributed by atoms with E-state index in [0.717, 1.165) is 24.2 Å². The molecule has 1 saturated heterocycles. The van der Waals surface area contributed by atoms with Crippen LogP contribution in [0, 0.1) is 5.92 Å². The lowest BCUT2D eigenvalue weighted by molar-refractivity contribution is -0.138. The molecular formula is C19H20ClN3O4. The predicted octanol–water partition coefficient (Wildman–Crippen LogP) is 2.65. The zero-order valence-corrected chi connectivity index (χ0v) is 15.4. The fraction of sp³-hybridized carbons (Fsp3) is 0.421. The number of halogens is 1. The summed E-state index contributed by atoms with van der Waals surface area (Å²) in [5, 5.41) is 13.8. The molecule has 1 aromatic heterocycles. The van der Waals surface area contributed by atoms with Gasteiger partial charge in [0.25, 0.3) is 0 Å². The number of hydrogen-bond donors (Lipinski definition) is 1. The zero-order chi connectivity index (χ0) is 19.0. The summed E-state index contributed by atoms with van der Waals surface area (Å²) in [6.45, 7) is 1.64. The number of carboxylic acids is 1. The molecule has 1 fully saturated rings. The molecule has 0 saturated carbocycles. The van der Waals surface area contributed by atoms with E-state index >= 15 is 0 Å². The number of aromatic nitrogens is 2. The molecule has 0 radical (unpaired) electrons. The highest BCUT2D eigenvalue weighted by molar-refractivity contribution is 6.30. The second kappa shape index (κ2) is 7.23. The number of hydrogen-bond acceptors (Lipinski definition) is 4. The zero-order valence-electron chi connectivity index (χ0n) is 14.7. The number of fused-ring (bicyclic) bond motifs is 1. The van der Waals surface area contributed by atoms with Crippen LogP contribution in [0.3, 0.4) is 0 Å². The van der Waals surface area contributed by atoms with Crippen molar-refractivity contribution in [2.75, 3.05) is 19.7 Å². The lowest BCUT2D eigenvalue weighted by atomic mass is 9.94. The molecule has 7 nitrogen and oxygen atoms in total. The van der Waals surface area contributed by atoms with Gasteiger partial charge in [0.2, 0.25) is 5.91 Å². The van der Waals surface area contributed by atoms with Crippen LogP contribution in [0.5, 0.6) is 5.75 Å². The molecule has 8 heteroatoms. The topological polar surface area (TPSA) is 84.7 Å². The number of nitrogens with zero attached hydrogens (tertiary/aromatic N) is 3. The first kappa shape index (κ1) is 17.9. The van der Waals surface area contributed by atoms with E-state index in [2.05, 4.69) is 5.10 Å². The molecule has 2 aliphatic heterocycles. The van der Waals surface area contributed by atoms with Gasteiger partial charge in [-0.25, -0.2) is 4.79 Å². The smallest absolute Gasteiger partial charge is 0.338 e. The van der Waals surface area contributed by atoms with E-state index in [1.54, 1.807) is 16.9 Å². The van der Waals surface area contributed by atoms with Crippen LogP contribution < -0.4 is 4.74 Å². The third kappa shape index (κ3) is 3.64. The normalized spacial score (nSPS) is 20.0. The molecule has 0 spiro atoms. The Kier molecular flexibility index (Phi) is 4.78. The highest BCUT2D eigenvalue weighted by atomic mass is 35.5. The Balaban J connectivity index is 1.36. The number of likely N-dealkylation sites (tertiary alicyclic amines) is 1. The van der Waals surface area contributed by atoms with Crippen molar-refractivity contribution in [3.05, 3.63) is 46.7 Å². The lowest BCUT2D eigenvalue weighted by Crippen LogP contribution is -2.45. The van der Waals surface area contributed by atoms with Crippen LogP contribution in [0.15, 0.2) is 30.6 Å². The molecule has 3 heterocycles. The van der Waals surface area contributed by atoms with E-state index < -0.39 is 5.97 Å². The summed E-state index contributed by atoms with van der Waals surface area (Å²) in [5.74, 6) is -0.275. The van der Waals surface area contributed by atoms with Crippen molar-refractivity contribution >= 4 is 23.5 Å². The van der Waals surface area contributed by atoms with E-state index in [1.807, 2.05) is 17.0 Å². The van der Waals surface area contributed by atoms with Crippen LogP contribution >= 0.6 is 11.6 Å². The lowest BCUT2D eigenvalue weighted by Gasteiger charge is -2.35. The third-order valence-corrected chi connectivity index (χ3v) is 5.51. The van der Waals surface area contributed by atoms with Crippen molar-refractivity contribution in [2.24, 2.45) is 5.92 Å². The number of rotatable bonds is 3. The molecule has 4 rings (SSSR count). The Morgan fingerprint density at radius 1 is 1.26 bits per heavy atom. The standard InChI is InChI=1S/C19H20ClN3O4/c20-15-1-2-17-12(8-15)7-13(11-27-17)18(24)22-5-3-16(4-6-22)23-10-14(9-21-23)19(25)26/h1-2,8-10,13,16H,3-7,11H2,(H,25,26). The van der Waals surface area contributed by atoms with Gasteiger partial charge in [-0.15, -0.1) is 0 Å². The third-order valence-electron chi connectivity index (χ3n) is 5.28. The molecule has 0 aliphatic carbocycles. The molecule has 1 aromatic carbocycles. The number of carboxylic acid groups (broad SMARTS) is 1. The first-order chi connectivity index (χ1) is 13.0. The molecule has 2 aliphatic rings. The number of amides is 1. The van der Waals surface area contributed by atoms with Crippen molar-refractivity contribution in [1.82, 2.24) is 14.7 Å². The second-order valence-corrected chi connectivity index (χ2v) is 7.47. The van der Waals surface area contributed by atoms with E-state index in [-0.39, 0.29) is 23.4 Å². The van der Waals surface area contributed by atoms with E-state index in [1.165, 1.54) is 6.20 Å². The Bertz CT molecular complexity index is 874. The number of aromatic carboxylic acids is 1. The molecule has 27 heavy (non-hydrogen) atoms. The van der Waals surface area contributed by atoms with Gasteiger partial charge in [0, 0.05) is 24.3 Å². The SMILES string of the molecule is O=C(O)c1cnn(C2CCN(C(=O)C3COc4ccc(Cl)cc4C3)CC2)c1. The number of ether oxygens (including phenoxy) is 1. The van der Waals surface area contributed by atoms with Gasteiger partial charge < -0.3 is 14.7 Å². The summed E-state index contributed by atoms with van der Waals surface area (Å²) < 4.78 is 7.44. The summed E-state index contributed by atoms with van der Waals surface area (Å²) in [5.41, 5.74) is 1.16. The molecule has 1 unspecified atom stereocenters. The van der Waals surface area contributed by atoms with Crippen LogP contribution in [0.25, 0.3) is 0 Å². The molecule has 0 bridgehead atoms. The summed E-state index contributed by atoms with van der Waals surface area (Å²) in [6.07, 6.45) is 5.06. The number of carbonyl (C=O) groups excluding carboxylic acids is 1. The Morgan fingerprint density at radius 2 is 2.04 bits per heavy atom. The molecule has 142 valence electrons. The maximum absolute atomic E-state index is 12.9. The van der Waals surface area contributed by atoms with Crippen molar-refractivity contribution in [3.63, 3.8) is 0 Å². The first-order valence-corrected chi connectivity index (χ1v) is 9.36. The van der Waals surface area contributed by atoms with Crippen LogP contribution in [-0.4, -0.2) is 51.4 Å². The maximum atomic E-state index is 12.9. The van der Waals surface area contributed by atoms with Gasteiger partial charge >= 0.3 is 5.97 Å². The first-order valence-electron chi connectivity index (χ1n) is 8.98. The number of benzene rings is 1. The van der Waals surface area contributed by atoms with Gasteiger partial charge in [-0.1, -0.05) is 11.6 Å². The molecular weight excluding hydrogens is 370 g/mol. The molecule has 1 atom stereocenters. The van der Waals surface area contributed by atoms with Crippen molar-refractivity contribution in [1.29, 1.82) is 0 Å². The summed E-state index contributed by atoms with van der Waals surface area (Å²) in [6, 6.07) is 5.61.